The summed E-state index contributed by atoms with van der Waals surface area (Å²) >= 11 is 5.88. The van der Waals surface area contributed by atoms with Gasteiger partial charge in [0, 0.05) is 19.0 Å². The van der Waals surface area contributed by atoms with Gasteiger partial charge in [-0.1, -0.05) is 11.5 Å². The Morgan fingerprint density at radius 3 is 3.07 bits per heavy atom. The first-order chi connectivity index (χ1) is 6.81. The molecular weight excluding hydrogens is 202 g/mol. The molecule has 0 aliphatic heterocycles. The Morgan fingerprint density at radius 2 is 2.43 bits per heavy atom. The van der Waals surface area contributed by atoms with Crippen LogP contribution in [0.1, 0.15) is 19.3 Å². The number of rotatable bonds is 3. The third-order valence-corrected chi connectivity index (χ3v) is 3.19. The Kier molecular flexibility index (Phi) is 2.86. The van der Waals surface area contributed by atoms with Crippen LogP contribution in [0.4, 0.5) is 5.95 Å². The largest absolute Gasteiger partial charge is 0.350 e. The summed E-state index contributed by atoms with van der Waals surface area (Å²) in [6.45, 7) is 0. The fourth-order valence-corrected chi connectivity index (χ4v) is 2.30. The number of nitrogens with one attached hydrogen (secondary N) is 1. The predicted molar refractivity (Wildman–Crippen MR) is 54.3 cm³/mol. The van der Waals surface area contributed by atoms with Gasteiger partial charge in [-0.25, -0.2) is 4.68 Å². The van der Waals surface area contributed by atoms with Gasteiger partial charge in [-0.05, 0) is 29.2 Å². The highest BCUT2D eigenvalue weighted by atomic mass is 35.5. The van der Waals surface area contributed by atoms with Gasteiger partial charge in [0.15, 0.2) is 0 Å². The van der Waals surface area contributed by atoms with Gasteiger partial charge in [-0.2, -0.15) is 0 Å². The first-order valence-corrected chi connectivity index (χ1v) is 5.39. The van der Waals surface area contributed by atoms with Gasteiger partial charge < -0.3 is 5.32 Å². The van der Waals surface area contributed by atoms with Crippen molar-refractivity contribution < 1.29 is 0 Å². The van der Waals surface area contributed by atoms with E-state index >= 15 is 0 Å². The van der Waals surface area contributed by atoms with Crippen molar-refractivity contribution in [3.8, 4) is 0 Å². The number of hydrogen-bond acceptors (Lipinski definition) is 4. The van der Waals surface area contributed by atoms with E-state index in [4.69, 9.17) is 11.6 Å². The summed E-state index contributed by atoms with van der Waals surface area (Å²) in [5.74, 6) is 1.99. The molecule has 1 N–H and O–H groups in total. The van der Waals surface area contributed by atoms with Crippen molar-refractivity contribution in [2.75, 3.05) is 11.2 Å². The Labute approximate surface area is 87.8 Å². The minimum atomic E-state index is 0.428. The molecule has 2 atom stereocenters. The molecule has 0 amide bonds. The minimum absolute atomic E-state index is 0.428. The molecule has 0 spiro atoms. The lowest BCUT2D eigenvalue weighted by Crippen LogP contribution is -2.26. The topological polar surface area (TPSA) is 55.6 Å². The molecule has 0 aromatic carbocycles. The van der Waals surface area contributed by atoms with E-state index in [0.717, 1.165) is 12.4 Å². The summed E-state index contributed by atoms with van der Waals surface area (Å²) in [4.78, 5) is 0. The quantitative estimate of drug-likeness (QED) is 0.766. The smallest absolute Gasteiger partial charge is 0.242 e. The first-order valence-electron chi connectivity index (χ1n) is 4.86. The summed E-state index contributed by atoms with van der Waals surface area (Å²) in [6.07, 6.45) is 3.59. The number of anilines is 1. The van der Waals surface area contributed by atoms with Crippen LogP contribution in [0.2, 0.25) is 0 Å². The summed E-state index contributed by atoms with van der Waals surface area (Å²) in [5, 5.41) is 14.6. The maximum absolute atomic E-state index is 5.88. The van der Waals surface area contributed by atoms with Gasteiger partial charge in [0.25, 0.3) is 0 Å². The number of tetrazole rings is 1. The molecule has 1 saturated carbocycles. The van der Waals surface area contributed by atoms with E-state index in [0.29, 0.717) is 17.8 Å². The fourth-order valence-electron chi connectivity index (χ4n) is 1.93. The van der Waals surface area contributed by atoms with Crippen LogP contribution in [0.3, 0.4) is 0 Å². The minimum Gasteiger partial charge on any atom is -0.350 e. The second-order valence-electron chi connectivity index (χ2n) is 3.72. The molecule has 5 nitrogen and oxygen atoms in total. The molecular formula is C8H14ClN5. The van der Waals surface area contributed by atoms with Crippen molar-refractivity contribution in [1.82, 2.24) is 20.2 Å². The Balaban J connectivity index is 2.00. The van der Waals surface area contributed by atoms with E-state index in [9.17, 15) is 0 Å². The average Bonchev–Trinajstić information content (AvgIpc) is 2.77. The van der Waals surface area contributed by atoms with Crippen LogP contribution < -0.4 is 5.32 Å². The SMILES string of the molecule is Cn1nnnc1NC1CCCC1CCl. The first kappa shape index (κ1) is 9.71. The van der Waals surface area contributed by atoms with Crippen molar-refractivity contribution in [3.63, 3.8) is 0 Å². The van der Waals surface area contributed by atoms with Crippen LogP contribution in [0.25, 0.3) is 0 Å². The Morgan fingerprint density at radius 1 is 1.57 bits per heavy atom. The average molecular weight is 216 g/mol. The lowest BCUT2D eigenvalue weighted by atomic mass is 10.1. The molecule has 0 radical (unpaired) electrons. The molecule has 1 heterocycles. The number of hydrogen-bond donors (Lipinski definition) is 1. The van der Waals surface area contributed by atoms with Crippen LogP contribution in [0.5, 0.6) is 0 Å². The van der Waals surface area contributed by atoms with Gasteiger partial charge in [0.2, 0.25) is 5.95 Å². The van der Waals surface area contributed by atoms with Crippen LogP contribution >= 0.6 is 11.6 Å². The summed E-state index contributed by atoms with van der Waals surface area (Å²) in [5.41, 5.74) is 0. The second-order valence-corrected chi connectivity index (χ2v) is 4.03. The standard InChI is InChI=1S/C8H14ClN5/c1-14-8(11-12-13-14)10-7-4-2-3-6(7)5-9/h6-7H,2-5H2,1H3,(H,10,11,13). The van der Waals surface area contributed by atoms with Gasteiger partial charge in [-0.3, -0.25) is 0 Å². The van der Waals surface area contributed by atoms with Crippen LogP contribution in [0.15, 0.2) is 0 Å². The van der Waals surface area contributed by atoms with Crippen molar-refractivity contribution in [1.29, 1.82) is 0 Å². The van der Waals surface area contributed by atoms with E-state index < -0.39 is 0 Å². The zero-order chi connectivity index (χ0) is 9.97. The number of aromatic nitrogens is 4. The van der Waals surface area contributed by atoms with Crippen LogP contribution in [0, 0.1) is 5.92 Å². The van der Waals surface area contributed by atoms with Crippen LogP contribution in [-0.4, -0.2) is 32.1 Å². The van der Waals surface area contributed by atoms with Crippen molar-refractivity contribution in [3.05, 3.63) is 0 Å². The van der Waals surface area contributed by atoms with E-state index in [1.807, 2.05) is 7.05 Å². The molecule has 1 aliphatic rings. The fraction of sp³-hybridized carbons (Fsp3) is 0.875. The van der Waals surface area contributed by atoms with Gasteiger partial charge in [-0.15, -0.1) is 11.6 Å². The van der Waals surface area contributed by atoms with Gasteiger partial charge in [0.1, 0.15) is 0 Å². The lowest BCUT2D eigenvalue weighted by Gasteiger charge is -2.18. The molecule has 0 bridgehead atoms. The molecule has 1 fully saturated rings. The maximum Gasteiger partial charge on any atom is 0.242 e. The highest BCUT2D eigenvalue weighted by Gasteiger charge is 2.27. The van der Waals surface area contributed by atoms with E-state index in [1.165, 1.54) is 12.8 Å². The normalized spacial score (nSPS) is 26.7. The van der Waals surface area contributed by atoms with E-state index in [2.05, 4.69) is 20.8 Å². The third-order valence-electron chi connectivity index (χ3n) is 2.79. The number of aryl methyl sites for hydroxylation is 1. The molecule has 1 aliphatic carbocycles. The van der Waals surface area contributed by atoms with E-state index in [1.54, 1.807) is 4.68 Å². The Bertz CT molecular complexity index is 300. The predicted octanol–water partition coefficient (Wildman–Crippen LogP) is 1.03. The lowest BCUT2D eigenvalue weighted by molar-refractivity contribution is 0.555. The molecule has 6 heteroatoms. The zero-order valence-electron chi connectivity index (χ0n) is 8.15. The highest BCUT2D eigenvalue weighted by Crippen LogP contribution is 2.28. The summed E-state index contributed by atoms with van der Waals surface area (Å²) in [7, 11) is 1.83. The molecule has 2 rings (SSSR count). The molecule has 14 heavy (non-hydrogen) atoms. The summed E-state index contributed by atoms with van der Waals surface area (Å²) in [6, 6.07) is 0.428. The molecule has 78 valence electrons. The molecule has 0 saturated heterocycles. The maximum atomic E-state index is 5.88. The number of halogens is 1. The zero-order valence-corrected chi connectivity index (χ0v) is 8.91. The second kappa shape index (κ2) is 4.13. The third kappa shape index (κ3) is 1.82. The van der Waals surface area contributed by atoms with Gasteiger partial charge >= 0.3 is 0 Å². The number of nitrogens with zero attached hydrogens (tertiary/aromatic N) is 4. The summed E-state index contributed by atoms with van der Waals surface area (Å²) < 4.78 is 1.64. The van der Waals surface area contributed by atoms with Crippen molar-refractivity contribution in [2.45, 2.75) is 25.3 Å². The van der Waals surface area contributed by atoms with Crippen molar-refractivity contribution in [2.24, 2.45) is 13.0 Å². The molecule has 1 aromatic rings. The van der Waals surface area contributed by atoms with Crippen molar-refractivity contribution >= 4 is 17.5 Å². The van der Waals surface area contributed by atoms with Crippen LogP contribution in [-0.2, 0) is 7.05 Å². The molecule has 2 unspecified atom stereocenters. The Hall–Kier alpha value is -0.840. The monoisotopic (exact) mass is 215 g/mol. The highest BCUT2D eigenvalue weighted by molar-refractivity contribution is 6.18. The van der Waals surface area contributed by atoms with Gasteiger partial charge in [0.05, 0.1) is 0 Å². The molecule has 1 aromatic heterocycles. The van der Waals surface area contributed by atoms with E-state index in [-0.39, 0.29) is 0 Å². The number of alkyl halides is 1.